The molecule has 18 heavy (non-hydrogen) atoms. The summed E-state index contributed by atoms with van der Waals surface area (Å²) in [5.41, 5.74) is -0.303. The Bertz CT molecular complexity index is 443. The normalized spacial score (nSPS) is 11.4. The number of thiol groups is 1. The summed E-state index contributed by atoms with van der Waals surface area (Å²) >= 11 is 16.0. The molecule has 0 bridgehead atoms. The summed E-state index contributed by atoms with van der Waals surface area (Å²) in [5, 5.41) is 10.9. The summed E-state index contributed by atoms with van der Waals surface area (Å²) < 4.78 is 5.52. The second-order valence-corrected chi connectivity index (χ2v) is 5.74. The minimum Gasteiger partial charge on any atom is -0.490 e. The largest absolute Gasteiger partial charge is 0.490 e. The minimum absolute atomic E-state index is 0.129. The predicted octanol–water partition coefficient (Wildman–Crippen LogP) is 4.24. The highest BCUT2D eigenvalue weighted by atomic mass is 35.5. The van der Waals surface area contributed by atoms with Gasteiger partial charge in [-0.25, -0.2) is 0 Å². The van der Waals surface area contributed by atoms with Crippen LogP contribution in [0.3, 0.4) is 0 Å². The lowest BCUT2D eigenvalue weighted by Gasteiger charge is -2.22. The highest BCUT2D eigenvalue weighted by molar-refractivity contribution is 7.80. The van der Waals surface area contributed by atoms with E-state index in [4.69, 9.17) is 27.9 Å². The number of nitro benzene ring substituents is 1. The van der Waals surface area contributed by atoms with E-state index in [1.807, 2.05) is 13.8 Å². The van der Waals surface area contributed by atoms with Gasteiger partial charge in [-0.3, -0.25) is 10.1 Å². The monoisotopic (exact) mass is 309 g/mol. The van der Waals surface area contributed by atoms with Gasteiger partial charge in [-0.15, -0.1) is 0 Å². The molecule has 0 N–H and O–H groups in total. The lowest BCUT2D eigenvalue weighted by Crippen LogP contribution is -2.23. The van der Waals surface area contributed by atoms with E-state index in [2.05, 4.69) is 12.6 Å². The van der Waals surface area contributed by atoms with Gasteiger partial charge in [-0.05, 0) is 5.75 Å². The SMILES string of the molecule is CC(C)(CS)COc1c(Cl)cc([N+](=O)[O-])cc1Cl. The second-order valence-electron chi connectivity index (χ2n) is 4.61. The molecule has 0 unspecified atom stereocenters. The van der Waals surface area contributed by atoms with E-state index in [0.717, 1.165) is 0 Å². The maximum atomic E-state index is 10.6. The van der Waals surface area contributed by atoms with E-state index in [9.17, 15) is 10.1 Å². The number of ether oxygens (including phenoxy) is 1. The van der Waals surface area contributed by atoms with Crippen LogP contribution in [-0.4, -0.2) is 17.3 Å². The molecule has 1 rings (SSSR count). The Morgan fingerprint density at radius 1 is 1.39 bits per heavy atom. The summed E-state index contributed by atoms with van der Waals surface area (Å²) in [6.45, 7) is 4.33. The van der Waals surface area contributed by atoms with Crippen LogP contribution < -0.4 is 4.74 Å². The summed E-state index contributed by atoms with van der Waals surface area (Å²) in [4.78, 5) is 10.1. The molecule has 0 saturated carbocycles. The van der Waals surface area contributed by atoms with Crippen LogP contribution in [-0.2, 0) is 0 Å². The molecular weight excluding hydrogens is 297 g/mol. The molecule has 1 aromatic carbocycles. The standard InChI is InChI=1S/C11H13Cl2NO3S/c1-11(2,6-18)5-17-10-8(12)3-7(14(15)16)4-9(10)13/h3-4,18H,5-6H2,1-2H3. The van der Waals surface area contributed by atoms with Gasteiger partial charge in [-0.2, -0.15) is 12.6 Å². The van der Waals surface area contributed by atoms with E-state index in [0.29, 0.717) is 12.4 Å². The van der Waals surface area contributed by atoms with Crippen molar-refractivity contribution in [2.75, 3.05) is 12.4 Å². The first kappa shape index (κ1) is 15.4. The van der Waals surface area contributed by atoms with Crippen LogP contribution >= 0.6 is 35.8 Å². The quantitative estimate of drug-likeness (QED) is 0.503. The van der Waals surface area contributed by atoms with E-state index < -0.39 is 4.92 Å². The maximum Gasteiger partial charge on any atom is 0.272 e. The molecule has 0 aliphatic heterocycles. The first-order valence-electron chi connectivity index (χ1n) is 5.14. The van der Waals surface area contributed by atoms with Crippen LogP contribution in [0.1, 0.15) is 13.8 Å². The Morgan fingerprint density at radius 3 is 2.28 bits per heavy atom. The molecule has 4 nitrogen and oxygen atoms in total. The van der Waals surface area contributed by atoms with Crippen molar-refractivity contribution in [2.45, 2.75) is 13.8 Å². The van der Waals surface area contributed by atoms with Gasteiger partial charge in [0, 0.05) is 17.5 Å². The summed E-state index contributed by atoms with van der Waals surface area (Å²) in [6, 6.07) is 2.44. The third-order valence-electron chi connectivity index (χ3n) is 2.23. The van der Waals surface area contributed by atoms with Crippen molar-refractivity contribution in [3.8, 4) is 5.75 Å². The molecule has 0 heterocycles. The molecule has 7 heteroatoms. The molecule has 0 atom stereocenters. The van der Waals surface area contributed by atoms with E-state index >= 15 is 0 Å². The third-order valence-corrected chi connectivity index (χ3v) is 3.65. The highest BCUT2D eigenvalue weighted by Gasteiger charge is 2.20. The number of rotatable bonds is 5. The first-order valence-corrected chi connectivity index (χ1v) is 6.53. The van der Waals surface area contributed by atoms with Gasteiger partial charge >= 0.3 is 0 Å². The van der Waals surface area contributed by atoms with Crippen molar-refractivity contribution in [3.63, 3.8) is 0 Å². The van der Waals surface area contributed by atoms with Gasteiger partial charge in [0.05, 0.1) is 21.6 Å². The Hall–Kier alpha value is -0.650. The Kier molecular flexibility index (Phi) is 5.13. The van der Waals surface area contributed by atoms with Crippen LogP contribution in [0.15, 0.2) is 12.1 Å². The zero-order valence-corrected chi connectivity index (χ0v) is 12.4. The van der Waals surface area contributed by atoms with Crippen LogP contribution in [0, 0.1) is 15.5 Å². The highest BCUT2D eigenvalue weighted by Crippen LogP contribution is 2.37. The molecule has 0 radical (unpaired) electrons. The molecule has 0 spiro atoms. The topological polar surface area (TPSA) is 52.4 Å². The van der Waals surface area contributed by atoms with Crippen molar-refractivity contribution in [2.24, 2.45) is 5.41 Å². The zero-order valence-electron chi connectivity index (χ0n) is 9.94. The predicted molar refractivity (Wildman–Crippen MR) is 76.2 cm³/mol. The smallest absolute Gasteiger partial charge is 0.272 e. The lowest BCUT2D eigenvalue weighted by atomic mass is 9.98. The number of nitrogens with zero attached hydrogens (tertiary/aromatic N) is 1. The van der Waals surface area contributed by atoms with Crippen LogP contribution in [0.2, 0.25) is 10.0 Å². The van der Waals surface area contributed by atoms with Gasteiger partial charge in [0.2, 0.25) is 0 Å². The average molecular weight is 310 g/mol. The number of hydrogen-bond donors (Lipinski definition) is 1. The number of nitro groups is 1. The summed E-state index contributed by atoms with van der Waals surface area (Å²) in [5.74, 6) is 0.897. The van der Waals surface area contributed by atoms with Crippen molar-refractivity contribution in [1.82, 2.24) is 0 Å². The van der Waals surface area contributed by atoms with Crippen LogP contribution in [0.25, 0.3) is 0 Å². The average Bonchev–Trinajstić information content (AvgIpc) is 2.27. The van der Waals surface area contributed by atoms with E-state index in [1.54, 1.807) is 0 Å². The fourth-order valence-electron chi connectivity index (χ4n) is 1.10. The molecule has 0 aliphatic rings. The van der Waals surface area contributed by atoms with Gasteiger partial charge in [0.15, 0.2) is 5.75 Å². The van der Waals surface area contributed by atoms with Crippen molar-refractivity contribution >= 4 is 41.5 Å². The molecule has 100 valence electrons. The Morgan fingerprint density at radius 2 is 1.89 bits per heavy atom. The fourth-order valence-corrected chi connectivity index (χ4v) is 1.78. The van der Waals surface area contributed by atoms with Crippen molar-refractivity contribution in [3.05, 3.63) is 32.3 Å². The summed E-state index contributed by atoms with van der Waals surface area (Å²) in [7, 11) is 0. The van der Waals surface area contributed by atoms with Crippen LogP contribution in [0.4, 0.5) is 5.69 Å². The number of hydrogen-bond acceptors (Lipinski definition) is 4. The van der Waals surface area contributed by atoms with Crippen LogP contribution in [0.5, 0.6) is 5.75 Å². The lowest BCUT2D eigenvalue weighted by molar-refractivity contribution is -0.384. The fraction of sp³-hybridized carbons (Fsp3) is 0.455. The minimum atomic E-state index is -0.556. The van der Waals surface area contributed by atoms with Gasteiger partial charge < -0.3 is 4.74 Å². The first-order chi connectivity index (χ1) is 8.26. The molecule has 0 aromatic heterocycles. The van der Waals surface area contributed by atoms with Crippen molar-refractivity contribution < 1.29 is 9.66 Å². The Labute approximate surface area is 121 Å². The zero-order chi connectivity index (χ0) is 13.9. The number of benzene rings is 1. The van der Waals surface area contributed by atoms with E-state index in [-0.39, 0.29) is 26.9 Å². The second kappa shape index (κ2) is 5.99. The molecule has 0 fully saturated rings. The van der Waals surface area contributed by atoms with Crippen molar-refractivity contribution in [1.29, 1.82) is 0 Å². The molecule has 0 amide bonds. The molecule has 1 aromatic rings. The van der Waals surface area contributed by atoms with Gasteiger partial charge in [0.25, 0.3) is 5.69 Å². The number of non-ortho nitro benzene ring substituents is 1. The summed E-state index contributed by atoms with van der Waals surface area (Å²) in [6.07, 6.45) is 0. The molecular formula is C11H13Cl2NO3S. The number of halogens is 2. The van der Waals surface area contributed by atoms with E-state index in [1.165, 1.54) is 12.1 Å². The molecule has 0 aliphatic carbocycles. The molecule has 0 saturated heterocycles. The maximum absolute atomic E-state index is 10.6. The Balaban J connectivity index is 2.94. The third kappa shape index (κ3) is 3.93. The van der Waals surface area contributed by atoms with Gasteiger partial charge in [0.1, 0.15) is 0 Å². The van der Waals surface area contributed by atoms with Gasteiger partial charge in [-0.1, -0.05) is 37.0 Å².